The Kier molecular flexibility index (Phi) is 6.24. The van der Waals surface area contributed by atoms with Crippen LogP contribution in [0.1, 0.15) is 59.3 Å². The first-order valence-electron chi connectivity index (χ1n) is 8.60. The quantitative estimate of drug-likeness (QED) is 0.766. The van der Waals surface area contributed by atoms with Gasteiger partial charge in [-0.05, 0) is 37.0 Å². The van der Waals surface area contributed by atoms with E-state index in [-0.39, 0.29) is 18.2 Å². The third-order valence-corrected chi connectivity index (χ3v) is 4.92. The van der Waals surface area contributed by atoms with Crippen LogP contribution in [0.4, 0.5) is 0 Å². The minimum absolute atomic E-state index is 0.0180. The number of carbonyl (C=O) groups excluding carboxylic acids is 1. The normalized spacial score (nSPS) is 31.8. The maximum atomic E-state index is 12.2. The summed E-state index contributed by atoms with van der Waals surface area (Å²) >= 11 is 0. The Morgan fingerprint density at radius 2 is 2.23 bits per heavy atom. The second-order valence-corrected chi connectivity index (χ2v) is 7.18. The van der Waals surface area contributed by atoms with Crippen LogP contribution in [0, 0.1) is 17.8 Å². The van der Waals surface area contributed by atoms with Crippen molar-refractivity contribution >= 4 is 11.7 Å². The van der Waals surface area contributed by atoms with Gasteiger partial charge in [0.15, 0.2) is 0 Å². The Morgan fingerprint density at radius 1 is 1.45 bits per heavy atom. The fourth-order valence-corrected chi connectivity index (χ4v) is 3.48. The zero-order valence-corrected chi connectivity index (χ0v) is 14.1. The summed E-state index contributed by atoms with van der Waals surface area (Å²) in [6.45, 7) is 7.15. The first-order chi connectivity index (χ1) is 10.5. The summed E-state index contributed by atoms with van der Waals surface area (Å²) in [5.74, 6) is 1.59. The molecule has 4 atom stereocenters. The molecule has 1 heterocycles. The molecular formula is C17H30N2O3. The number of oxime groups is 1. The van der Waals surface area contributed by atoms with Crippen LogP contribution in [0.5, 0.6) is 0 Å². The zero-order chi connectivity index (χ0) is 16.1. The molecule has 0 aromatic carbocycles. The van der Waals surface area contributed by atoms with Crippen molar-refractivity contribution in [3.05, 3.63) is 0 Å². The zero-order valence-electron chi connectivity index (χ0n) is 14.1. The highest BCUT2D eigenvalue weighted by atomic mass is 16.6. The minimum Gasteiger partial charge on any atom is -0.462 e. The molecule has 22 heavy (non-hydrogen) atoms. The van der Waals surface area contributed by atoms with Crippen molar-refractivity contribution in [2.75, 3.05) is 6.54 Å². The lowest BCUT2D eigenvalue weighted by atomic mass is 9.75. The molecule has 1 fully saturated rings. The topological polar surface area (TPSA) is 73.9 Å². The van der Waals surface area contributed by atoms with Crippen molar-refractivity contribution < 1.29 is 14.4 Å². The molecule has 2 N–H and O–H groups in total. The lowest BCUT2D eigenvalue weighted by Crippen LogP contribution is -2.35. The van der Waals surface area contributed by atoms with Gasteiger partial charge in [0.2, 0.25) is 0 Å². The van der Waals surface area contributed by atoms with Crippen LogP contribution in [-0.4, -0.2) is 30.4 Å². The Balaban J connectivity index is 1.77. The average Bonchev–Trinajstić information content (AvgIpc) is 2.93. The molecule has 0 amide bonds. The molecule has 126 valence electrons. The molecule has 4 unspecified atom stereocenters. The number of rotatable bonds is 6. The summed E-state index contributed by atoms with van der Waals surface area (Å²) in [5.41, 5.74) is 6.46. The highest BCUT2D eigenvalue weighted by Crippen LogP contribution is 2.35. The van der Waals surface area contributed by atoms with Crippen LogP contribution in [0.2, 0.25) is 0 Å². The van der Waals surface area contributed by atoms with Gasteiger partial charge in [0, 0.05) is 13.0 Å². The Labute approximate surface area is 133 Å². The second kappa shape index (κ2) is 7.95. The van der Waals surface area contributed by atoms with E-state index in [0.29, 0.717) is 37.1 Å². The summed E-state index contributed by atoms with van der Waals surface area (Å²) in [5, 5.41) is 3.99. The molecule has 0 spiro atoms. The van der Waals surface area contributed by atoms with E-state index >= 15 is 0 Å². The first kappa shape index (κ1) is 17.3. The number of esters is 1. The third kappa shape index (κ3) is 4.70. The van der Waals surface area contributed by atoms with Gasteiger partial charge in [0.25, 0.3) is 0 Å². The van der Waals surface area contributed by atoms with Crippen LogP contribution in [0.25, 0.3) is 0 Å². The third-order valence-electron chi connectivity index (χ3n) is 4.92. The molecule has 5 heteroatoms. The van der Waals surface area contributed by atoms with Gasteiger partial charge in [0.05, 0.1) is 12.1 Å². The maximum absolute atomic E-state index is 12.2. The van der Waals surface area contributed by atoms with Crippen LogP contribution < -0.4 is 5.73 Å². The molecule has 1 saturated carbocycles. The number of nitrogens with zero attached hydrogens (tertiary/aromatic N) is 1. The van der Waals surface area contributed by atoms with Gasteiger partial charge in [-0.1, -0.05) is 32.3 Å². The standard InChI is InChI=1S/C17H30N2O3/c1-11(2)15-6-4-12(3)8-16(15)21-17(20)7-5-13-9-14(10-18)22-19-13/h11-12,14-16H,4-10,18H2,1-3H3. The average molecular weight is 310 g/mol. The Morgan fingerprint density at radius 3 is 2.86 bits per heavy atom. The van der Waals surface area contributed by atoms with Gasteiger partial charge >= 0.3 is 5.97 Å². The van der Waals surface area contributed by atoms with Crippen LogP contribution in [-0.2, 0) is 14.4 Å². The fourth-order valence-electron chi connectivity index (χ4n) is 3.48. The highest BCUT2D eigenvalue weighted by molar-refractivity contribution is 5.88. The molecule has 0 bridgehead atoms. The molecule has 2 rings (SSSR count). The molecule has 1 aliphatic heterocycles. The monoisotopic (exact) mass is 310 g/mol. The van der Waals surface area contributed by atoms with Gasteiger partial charge in [-0.25, -0.2) is 0 Å². The van der Waals surface area contributed by atoms with Crippen LogP contribution >= 0.6 is 0 Å². The molecule has 0 aromatic heterocycles. The molecule has 0 aromatic rings. The SMILES string of the molecule is CC1CCC(C(C)C)C(OC(=O)CCC2=NOC(CN)C2)C1. The minimum atomic E-state index is -0.108. The van der Waals surface area contributed by atoms with E-state index in [1.807, 2.05) is 0 Å². The summed E-state index contributed by atoms with van der Waals surface area (Å²) in [4.78, 5) is 17.3. The van der Waals surface area contributed by atoms with Crippen molar-refractivity contribution in [2.45, 2.75) is 71.5 Å². The van der Waals surface area contributed by atoms with Crippen LogP contribution in [0.3, 0.4) is 0 Å². The number of hydrogen-bond donors (Lipinski definition) is 1. The van der Waals surface area contributed by atoms with E-state index in [9.17, 15) is 4.79 Å². The molecule has 1 aliphatic carbocycles. The second-order valence-electron chi connectivity index (χ2n) is 7.18. The highest BCUT2D eigenvalue weighted by Gasteiger charge is 2.33. The lowest BCUT2D eigenvalue weighted by molar-refractivity contribution is -0.155. The molecular weight excluding hydrogens is 280 g/mol. The number of nitrogens with two attached hydrogens (primary N) is 1. The van der Waals surface area contributed by atoms with E-state index in [4.69, 9.17) is 15.3 Å². The molecule has 0 saturated heterocycles. The molecule has 0 radical (unpaired) electrons. The predicted octanol–water partition coefficient (Wildman–Crippen LogP) is 2.87. The lowest BCUT2D eigenvalue weighted by Gasteiger charge is -2.36. The van der Waals surface area contributed by atoms with Crippen LogP contribution in [0.15, 0.2) is 5.16 Å². The van der Waals surface area contributed by atoms with Crippen molar-refractivity contribution in [1.82, 2.24) is 0 Å². The van der Waals surface area contributed by atoms with Gasteiger partial charge < -0.3 is 15.3 Å². The number of hydrogen-bond acceptors (Lipinski definition) is 5. The van der Waals surface area contributed by atoms with Crippen molar-refractivity contribution in [2.24, 2.45) is 28.6 Å². The van der Waals surface area contributed by atoms with E-state index in [2.05, 4.69) is 25.9 Å². The summed E-state index contributed by atoms with van der Waals surface area (Å²) in [7, 11) is 0. The van der Waals surface area contributed by atoms with Crippen molar-refractivity contribution in [1.29, 1.82) is 0 Å². The molecule has 5 nitrogen and oxygen atoms in total. The van der Waals surface area contributed by atoms with Gasteiger partial charge in [-0.3, -0.25) is 4.79 Å². The van der Waals surface area contributed by atoms with Gasteiger partial charge in [0.1, 0.15) is 12.2 Å². The Hall–Kier alpha value is -1.10. The van der Waals surface area contributed by atoms with E-state index < -0.39 is 0 Å². The molecule has 2 aliphatic rings. The Bertz CT molecular complexity index is 409. The maximum Gasteiger partial charge on any atom is 0.306 e. The number of carbonyl (C=O) groups is 1. The van der Waals surface area contributed by atoms with Gasteiger partial charge in [-0.15, -0.1) is 0 Å². The summed E-state index contributed by atoms with van der Waals surface area (Å²) < 4.78 is 5.79. The largest absolute Gasteiger partial charge is 0.462 e. The van der Waals surface area contributed by atoms with Crippen molar-refractivity contribution in [3.8, 4) is 0 Å². The fraction of sp³-hybridized carbons (Fsp3) is 0.882. The van der Waals surface area contributed by atoms with Crippen molar-refractivity contribution in [3.63, 3.8) is 0 Å². The number of ether oxygens (including phenoxy) is 1. The summed E-state index contributed by atoms with van der Waals surface area (Å²) in [6.07, 6.45) is 5.19. The first-order valence-corrected chi connectivity index (χ1v) is 8.60. The van der Waals surface area contributed by atoms with E-state index in [1.165, 1.54) is 6.42 Å². The van der Waals surface area contributed by atoms with E-state index in [0.717, 1.165) is 25.0 Å². The van der Waals surface area contributed by atoms with Gasteiger partial charge in [-0.2, -0.15) is 0 Å². The van der Waals surface area contributed by atoms with E-state index in [1.54, 1.807) is 0 Å². The predicted molar refractivity (Wildman–Crippen MR) is 86.4 cm³/mol. The smallest absolute Gasteiger partial charge is 0.306 e. The summed E-state index contributed by atoms with van der Waals surface area (Å²) in [6, 6.07) is 0.